The van der Waals surface area contributed by atoms with E-state index in [-0.39, 0.29) is 0 Å². The minimum atomic E-state index is 0.411. The van der Waals surface area contributed by atoms with Crippen LogP contribution in [-0.4, -0.2) is 32.6 Å². The molecule has 0 aliphatic heterocycles. The molecule has 0 saturated heterocycles. The molecule has 0 radical (unpaired) electrons. The van der Waals surface area contributed by atoms with Gasteiger partial charge in [0.1, 0.15) is 0 Å². The van der Waals surface area contributed by atoms with Gasteiger partial charge < -0.3 is 10.2 Å². The number of nitrogens with one attached hydrogen (secondary N) is 1. The second-order valence-corrected chi connectivity index (χ2v) is 4.90. The fraction of sp³-hybridized carbons (Fsp3) is 0.571. The molecule has 1 aromatic carbocycles. The van der Waals surface area contributed by atoms with Crippen LogP contribution in [0.25, 0.3) is 0 Å². The van der Waals surface area contributed by atoms with Gasteiger partial charge >= 0.3 is 0 Å². The summed E-state index contributed by atoms with van der Waals surface area (Å²) in [5, 5.41) is 3.40. The molecule has 0 amide bonds. The average Bonchev–Trinajstić information content (AvgIpc) is 2.20. The van der Waals surface area contributed by atoms with E-state index >= 15 is 0 Å². The van der Waals surface area contributed by atoms with Crippen molar-refractivity contribution in [1.82, 2.24) is 10.2 Å². The number of hydrogen-bond donors (Lipinski definition) is 1. The number of rotatable bonds is 4. The molecule has 0 aliphatic rings. The van der Waals surface area contributed by atoms with Crippen molar-refractivity contribution in [3.63, 3.8) is 0 Å². The highest BCUT2D eigenvalue weighted by atomic mass is 15.1. The Labute approximate surface area is 99.7 Å². The molecular formula is C14H24N2. The topological polar surface area (TPSA) is 15.3 Å². The van der Waals surface area contributed by atoms with Crippen molar-refractivity contribution in [3.05, 3.63) is 34.4 Å². The van der Waals surface area contributed by atoms with Gasteiger partial charge in [0.2, 0.25) is 0 Å². The van der Waals surface area contributed by atoms with E-state index in [4.69, 9.17) is 0 Å². The maximum absolute atomic E-state index is 3.40. The molecule has 2 heteroatoms. The lowest BCUT2D eigenvalue weighted by atomic mass is 9.95. The molecule has 0 heterocycles. The zero-order valence-electron chi connectivity index (χ0n) is 11.4. The summed E-state index contributed by atoms with van der Waals surface area (Å²) >= 11 is 0. The van der Waals surface area contributed by atoms with Gasteiger partial charge in [0.15, 0.2) is 0 Å². The SMILES string of the molecule is CNC(CN(C)C)c1cc(C)c(C)cc1C. The van der Waals surface area contributed by atoms with Crippen molar-refractivity contribution in [2.24, 2.45) is 0 Å². The first-order valence-corrected chi connectivity index (χ1v) is 5.85. The number of benzene rings is 1. The Bertz CT molecular complexity index is 356. The highest BCUT2D eigenvalue weighted by Gasteiger charge is 2.13. The molecule has 1 unspecified atom stereocenters. The van der Waals surface area contributed by atoms with Crippen LogP contribution in [0, 0.1) is 20.8 Å². The minimum Gasteiger partial charge on any atom is -0.312 e. The Morgan fingerprint density at radius 1 is 1.06 bits per heavy atom. The van der Waals surface area contributed by atoms with E-state index in [2.05, 4.69) is 57.2 Å². The molecule has 1 aromatic rings. The van der Waals surface area contributed by atoms with Gasteiger partial charge in [-0.3, -0.25) is 0 Å². The predicted molar refractivity (Wildman–Crippen MR) is 71.0 cm³/mol. The van der Waals surface area contributed by atoms with Crippen LogP contribution in [0.15, 0.2) is 12.1 Å². The van der Waals surface area contributed by atoms with E-state index in [0.29, 0.717) is 6.04 Å². The highest BCUT2D eigenvalue weighted by Crippen LogP contribution is 2.22. The molecule has 0 aliphatic carbocycles. The molecule has 0 aromatic heterocycles. The largest absolute Gasteiger partial charge is 0.312 e. The second kappa shape index (κ2) is 5.46. The van der Waals surface area contributed by atoms with Crippen LogP contribution in [0.2, 0.25) is 0 Å². The summed E-state index contributed by atoms with van der Waals surface area (Å²) in [4.78, 5) is 2.22. The Morgan fingerprint density at radius 2 is 1.62 bits per heavy atom. The lowest BCUT2D eigenvalue weighted by molar-refractivity contribution is 0.352. The van der Waals surface area contributed by atoms with Crippen LogP contribution < -0.4 is 5.32 Å². The van der Waals surface area contributed by atoms with Crippen LogP contribution in [0.5, 0.6) is 0 Å². The summed E-state index contributed by atoms with van der Waals surface area (Å²) in [6, 6.07) is 5.01. The normalized spacial score (nSPS) is 13.2. The summed E-state index contributed by atoms with van der Waals surface area (Å²) in [7, 11) is 6.25. The third-order valence-electron chi connectivity index (χ3n) is 3.15. The predicted octanol–water partition coefficient (Wildman–Crippen LogP) is 2.43. The van der Waals surface area contributed by atoms with Gasteiger partial charge in [-0.15, -0.1) is 0 Å². The molecule has 0 spiro atoms. The average molecular weight is 220 g/mol. The van der Waals surface area contributed by atoms with Gasteiger partial charge in [-0.1, -0.05) is 12.1 Å². The van der Waals surface area contributed by atoms with E-state index in [1.165, 1.54) is 22.3 Å². The van der Waals surface area contributed by atoms with Crippen molar-refractivity contribution in [1.29, 1.82) is 0 Å². The number of likely N-dealkylation sites (N-methyl/N-ethyl adjacent to an activating group) is 2. The lowest BCUT2D eigenvalue weighted by Gasteiger charge is -2.23. The maximum atomic E-state index is 3.40. The molecule has 2 nitrogen and oxygen atoms in total. The standard InChI is InChI=1S/C14H24N2/c1-10-7-12(3)13(8-11(10)2)14(15-4)9-16(5)6/h7-8,14-15H,9H2,1-6H3. The van der Waals surface area contributed by atoms with Crippen LogP contribution in [0.3, 0.4) is 0 Å². The fourth-order valence-electron chi connectivity index (χ4n) is 2.07. The molecule has 90 valence electrons. The quantitative estimate of drug-likeness (QED) is 0.838. The highest BCUT2D eigenvalue weighted by molar-refractivity contribution is 5.38. The van der Waals surface area contributed by atoms with Crippen molar-refractivity contribution in [2.45, 2.75) is 26.8 Å². The first-order chi connectivity index (χ1) is 7.45. The monoisotopic (exact) mass is 220 g/mol. The molecule has 1 rings (SSSR count). The molecule has 0 fully saturated rings. The number of aryl methyl sites for hydroxylation is 3. The summed E-state index contributed by atoms with van der Waals surface area (Å²) in [5.41, 5.74) is 5.55. The van der Waals surface area contributed by atoms with Crippen molar-refractivity contribution >= 4 is 0 Å². The maximum Gasteiger partial charge on any atom is 0.0449 e. The Hall–Kier alpha value is -0.860. The van der Waals surface area contributed by atoms with E-state index in [0.717, 1.165) is 6.54 Å². The van der Waals surface area contributed by atoms with Crippen LogP contribution in [-0.2, 0) is 0 Å². The first-order valence-electron chi connectivity index (χ1n) is 5.85. The second-order valence-electron chi connectivity index (χ2n) is 4.90. The first kappa shape index (κ1) is 13.2. The summed E-state index contributed by atoms with van der Waals surface area (Å²) < 4.78 is 0. The minimum absolute atomic E-state index is 0.411. The zero-order chi connectivity index (χ0) is 12.3. The summed E-state index contributed by atoms with van der Waals surface area (Å²) in [6.45, 7) is 7.58. The third kappa shape index (κ3) is 3.06. The zero-order valence-corrected chi connectivity index (χ0v) is 11.4. The molecule has 1 N–H and O–H groups in total. The molecule has 0 saturated carbocycles. The molecule has 1 atom stereocenters. The number of nitrogens with zero attached hydrogens (tertiary/aromatic N) is 1. The summed E-state index contributed by atoms with van der Waals surface area (Å²) in [6.07, 6.45) is 0. The van der Waals surface area contributed by atoms with E-state index in [1.54, 1.807) is 0 Å². The van der Waals surface area contributed by atoms with Crippen molar-refractivity contribution in [3.8, 4) is 0 Å². The smallest absolute Gasteiger partial charge is 0.0449 e. The Kier molecular flexibility index (Phi) is 4.51. The molecular weight excluding hydrogens is 196 g/mol. The van der Waals surface area contributed by atoms with Gasteiger partial charge in [-0.2, -0.15) is 0 Å². The lowest BCUT2D eigenvalue weighted by Crippen LogP contribution is -2.29. The van der Waals surface area contributed by atoms with E-state index < -0.39 is 0 Å². The number of hydrogen-bond acceptors (Lipinski definition) is 2. The van der Waals surface area contributed by atoms with E-state index in [9.17, 15) is 0 Å². The van der Waals surface area contributed by atoms with Crippen molar-refractivity contribution < 1.29 is 0 Å². The van der Waals surface area contributed by atoms with Crippen LogP contribution in [0.4, 0.5) is 0 Å². The Morgan fingerprint density at radius 3 is 2.12 bits per heavy atom. The van der Waals surface area contributed by atoms with Gasteiger partial charge in [0, 0.05) is 12.6 Å². The molecule has 0 bridgehead atoms. The van der Waals surface area contributed by atoms with Crippen molar-refractivity contribution in [2.75, 3.05) is 27.7 Å². The third-order valence-corrected chi connectivity index (χ3v) is 3.15. The Balaban J connectivity index is 3.05. The van der Waals surface area contributed by atoms with Gasteiger partial charge in [0.05, 0.1) is 0 Å². The van der Waals surface area contributed by atoms with Gasteiger partial charge in [0.25, 0.3) is 0 Å². The van der Waals surface area contributed by atoms with Gasteiger partial charge in [-0.25, -0.2) is 0 Å². The molecule has 16 heavy (non-hydrogen) atoms. The fourth-order valence-corrected chi connectivity index (χ4v) is 2.07. The van der Waals surface area contributed by atoms with Gasteiger partial charge in [-0.05, 0) is 64.2 Å². The van der Waals surface area contributed by atoms with Crippen LogP contribution >= 0.6 is 0 Å². The van der Waals surface area contributed by atoms with E-state index in [1.807, 2.05) is 7.05 Å². The van der Waals surface area contributed by atoms with Crippen LogP contribution in [0.1, 0.15) is 28.3 Å². The summed E-state index contributed by atoms with van der Waals surface area (Å²) in [5.74, 6) is 0.